The Bertz CT molecular complexity index is 1180. The Hall–Kier alpha value is -3.31. The van der Waals surface area contributed by atoms with Crippen molar-refractivity contribution in [2.45, 2.75) is 33.9 Å². The van der Waals surface area contributed by atoms with Gasteiger partial charge in [0.05, 0.1) is 48.7 Å². The van der Waals surface area contributed by atoms with E-state index in [1.165, 1.54) is 12.1 Å². The fourth-order valence-electron chi connectivity index (χ4n) is 3.92. The highest BCUT2D eigenvalue weighted by molar-refractivity contribution is 7.80. The maximum Gasteiger partial charge on any atom is 0.274 e. The number of hydrogen-bond acceptors (Lipinski definition) is 5. The van der Waals surface area contributed by atoms with Crippen molar-refractivity contribution in [3.8, 4) is 0 Å². The summed E-state index contributed by atoms with van der Waals surface area (Å²) >= 11 is 5.56. The van der Waals surface area contributed by atoms with Crippen molar-refractivity contribution < 1.29 is 13.9 Å². The molecule has 1 aliphatic heterocycles. The third-order valence-electron chi connectivity index (χ3n) is 5.75. The summed E-state index contributed by atoms with van der Waals surface area (Å²) in [4.78, 5) is 14.9. The van der Waals surface area contributed by atoms with E-state index < -0.39 is 0 Å². The van der Waals surface area contributed by atoms with E-state index in [0.29, 0.717) is 55.9 Å². The van der Waals surface area contributed by atoms with E-state index in [2.05, 4.69) is 20.8 Å². The van der Waals surface area contributed by atoms with Gasteiger partial charge in [0.25, 0.3) is 5.91 Å². The van der Waals surface area contributed by atoms with E-state index >= 15 is 0 Å². The molecule has 0 spiro atoms. The van der Waals surface area contributed by atoms with Crippen LogP contribution in [-0.4, -0.2) is 61.8 Å². The summed E-state index contributed by atoms with van der Waals surface area (Å²) in [6, 6.07) is 6.35. The largest absolute Gasteiger partial charge is 0.378 e. The zero-order chi connectivity index (χ0) is 24.2. The molecule has 0 bridgehead atoms. The van der Waals surface area contributed by atoms with Crippen LogP contribution in [0.1, 0.15) is 34.4 Å². The Kier molecular flexibility index (Phi) is 7.23. The number of amides is 1. The lowest BCUT2D eigenvalue weighted by molar-refractivity contribution is 0.0295. The number of carbonyl (C=O) groups is 1. The predicted molar refractivity (Wildman–Crippen MR) is 132 cm³/mol. The number of morpholine rings is 1. The third-order valence-corrected chi connectivity index (χ3v) is 5.96. The van der Waals surface area contributed by atoms with Crippen LogP contribution < -0.4 is 10.6 Å². The second-order valence-electron chi connectivity index (χ2n) is 8.04. The number of benzene rings is 1. The summed E-state index contributed by atoms with van der Waals surface area (Å²) in [5.74, 6) is -0.374. The number of aromatic nitrogens is 4. The summed E-state index contributed by atoms with van der Waals surface area (Å²) in [7, 11) is 0. The van der Waals surface area contributed by atoms with Crippen molar-refractivity contribution in [3.63, 3.8) is 0 Å². The molecule has 9 nitrogen and oxygen atoms in total. The Morgan fingerprint density at radius 2 is 1.85 bits per heavy atom. The van der Waals surface area contributed by atoms with E-state index in [1.807, 2.05) is 25.5 Å². The van der Waals surface area contributed by atoms with Gasteiger partial charge < -0.3 is 20.3 Å². The molecule has 2 aromatic heterocycles. The van der Waals surface area contributed by atoms with Gasteiger partial charge in [-0.25, -0.2) is 4.39 Å². The third kappa shape index (κ3) is 5.10. The van der Waals surface area contributed by atoms with Gasteiger partial charge in [-0.2, -0.15) is 10.2 Å². The normalized spacial score (nSPS) is 13.7. The fourth-order valence-corrected chi connectivity index (χ4v) is 4.13. The van der Waals surface area contributed by atoms with Gasteiger partial charge in [-0.3, -0.25) is 14.2 Å². The van der Waals surface area contributed by atoms with Crippen LogP contribution in [0.2, 0.25) is 0 Å². The number of aryl methyl sites for hydroxylation is 2. The van der Waals surface area contributed by atoms with Gasteiger partial charge in [0, 0.05) is 19.6 Å². The van der Waals surface area contributed by atoms with Gasteiger partial charge in [-0.05, 0) is 50.7 Å². The number of hydrogen-bond donors (Lipinski definition) is 2. The van der Waals surface area contributed by atoms with Crippen LogP contribution >= 0.6 is 12.2 Å². The molecule has 0 aliphatic carbocycles. The van der Waals surface area contributed by atoms with Gasteiger partial charge >= 0.3 is 0 Å². The zero-order valence-corrected chi connectivity index (χ0v) is 20.3. The maximum absolute atomic E-state index is 13.2. The first-order chi connectivity index (χ1) is 16.4. The number of carbonyl (C=O) groups excluding carboxylic acids is 1. The van der Waals surface area contributed by atoms with Gasteiger partial charge in [-0.1, -0.05) is 12.1 Å². The highest BCUT2D eigenvalue weighted by atomic mass is 32.1. The van der Waals surface area contributed by atoms with E-state index in [0.717, 1.165) is 22.6 Å². The number of thiocarbonyl (C=S) groups is 1. The van der Waals surface area contributed by atoms with Gasteiger partial charge in [0.15, 0.2) is 5.11 Å². The predicted octanol–water partition coefficient (Wildman–Crippen LogP) is 3.19. The van der Waals surface area contributed by atoms with E-state index in [9.17, 15) is 9.18 Å². The average molecular weight is 486 g/mol. The lowest BCUT2D eigenvalue weighted by atomic mass is 10.2. The van der Waals surface area contributed by atoms with E-state index in [-0.39, 0.29) is 11.7 Å². The van der Waals surface area contributed by atoms with Crippen molar-refractivity contribution in [3.05, 3.63) is 58.9 Å². The summed E-state index contributed by atoms with van der Waals surface area (Å²) in [5.41, 5.74) is 4.40. The summed E-state index contributed by atoms with van der Waals surface area (Å²) in [6.45, 7) is 8.97. The molecule has 1 aliphatic rings. The molecular weight excluding hydrogens is 457 g/mol. The molecule has 0 saturated carbocycles. The lowest BCUT2D eigenvalue weighted by Crippen LogP contribution is -2.41. The Morgan fingerprint density at radius 3 is 2.53 bits per heavy atom. The van der Waals surface area contributed by atoms with Crippen molar-refractivity contribution in [2.24, 2.45) is 0 Å². The first-order valence-corrected chi connectivity index (χ1v) is 11.6. The molecule has 1 fully saturated rings. The van der Waals surface area contributed by atoms with Crippen LogP contribution in [0.4, 0.5) is 15.8 Å². The number of halogens is 1. The van der Waals surface area contributed by atoms with Gasteiger partial charge in [0.1, 0.15) is 11.5 Å². The van der Waals surface area contributed by atoms with Crippen molar-refractivity contribution >= 4 is 34.6 Å². The average Bonchev–Trinajstić information content (AvgIpc) is 3.36. The number of anilines is 2. The summed E-state index contributed by atoms with van der Waals surface area (Å²) in [6.07, 6.45) is 1.61. The van der Waals surface area contributed by atoms with Gasteiger partial charge in [-0.15, -0.1) is 0 Å². The van der Waals surface area contributed by atoms with E-state index in [1.54, 1.807) is 27.9 Å². The van der Waals surface area contributed by atoms with E-state index in [4.69, 9.17) is 17.0 Å². The molecule has 3 heterocycles. The van der Waals surface area contributed by atoms with Crippen LogP contribution in [0, 0.1) is 19.7 Å². The van der Waals surface area contributed by atoms with Crippen LogP contribution in [0.25, 0.3) is 0 Å². The highest BCUT2D eigenvalue weighted by Crippen LogP contribution is 2.23. The Morgan fingerprint density at radius 1 is 1.15 bits per heavy atom. The lowest BCUT2D eigenvalue weighted by Gasteiger charge is -2.27. The first-order valence-electron chi connectivity index (χ1n) is 11.2. The molecular formula is C23H28FN7O2S. The number of nitrogens with one attached hydrogen (secondary N) is 2. The van der Waals surface area contributed by atoms with Gasteiger partial charge in [0.2, 0.25) is 0 Å². The first kappa shape index (κ1) is 23.8. The Labute approximate surface area is 202 Å². The fraction of sp³-hybridized carbons (Fsp3) is 0.391. The molecule has 1 aromatic carbocycles. The molecule has 11 heteroatoms. The minimum atomic E-state index is -0.270. The molecule has 0 atom stereocenters. The van der Waals surface area contributed by atoms with Crippen LogP contribution in [0.15, 0.2) is 30.5 Å². The topological polar surface area (TPSA) is 89.2 Å². The standard InChI is InChI=1S/C23H28FN7O2S/c1-4-30-21(22(32)29-9-11-33-12-10-29)19(13-25-30)26-23(34)27-20-15(2)28-31(16(20)3)14-17-5-7-18(24)8-6-17/h5-8,13H,4,9-12,14H2,1-3H3,(H2,26,27,34). The monoisotopic (exact) mass is 485 g/mol. The van der Waals surface area contributed by atoms with Crippen molar-refractivity contribution in [2.75, 3.05) is 36.9 Å². The molecule has 0 unspecified atom stereocenters. The second-order valence-corrected chi connectivity index (χ2v) is 8.44. The molecule has 2 N–H and O–H groups in total. The number of ether oxygens (including phenoxy) is 1. The van der Waals surface area contributed by atoms with Crippen LogP contribution in [0.5, 0.6) is 0 Å². The SMILES string of the molecule is CCn1ncc(NC(=S)Nc2c(C)nn(Cc3ccc(F)cc3)c2C)c1C(=O)N1CCOCC1. The molecule has 1 amide bonds. The number of rotatable bonds is 6. The second kappa shape index (κ2) is 10.3. The minimum Gasteiger partial charge on any atom is -0.378 e. The molecule has 4 rings (SSSR count). The summed E-state index contributed by atoms with van der Waals surface area (Å²) in [5, 5.41) is 15.6. The quantitative estimate of drug-likeness (QED) is 0.519. The molecule has 0 radical (unpaired) electrons. The Balaban J connectivity index is 1.49. The number of nitrogens with zero attached hydrogens (tertiary/aromatic N) is 5. The zero-order valence-electron chi connectivity index (χ0n) is 19.5. The highest BCUT2D eigenvalue weighted by Gasteiger charge is 2.26. The maximum atomic E-state index is 13.2. The summed E-state index contributed by atoms with van der Waals surface area (Å²) < 4.78 is 22.1. The smallest absolute Gasteiger partial charge is 0.274 e. The molecule has 1 saturated heterocycles. The minimum absolute atomic E-state index is 0.104. The van der Waals surface area contributed by atoms with Crippen LogP contribution in [0.3, 0.4) is 0 Å². The van der Waals surface area contributed by atoms with Crippen LogP contribution in [-0.2, 0) is 17.8 Å². The molecule has 3 aromatic rings. The van der Waals surface area contributed by atoms with Crippen molar-refractivity contribution in [1.82, 2.24) is 24.5 Å². The molecule has 34 heavy (non-hydrogen) atoms. The van der Waals surface area contributed by atoms with Crippen molar-refractivity contribution in [1.29, 1.82) is 0 Å². The molecule has 180 valence electrons.